The van der Waals surface area contributed by atoms with Crippen molar-refractivity contribution in [2.45, 2.75) is 70.8 Å². The van der Waals surface area contributed by atoms with Crippen molar-refractivity contribution in [2.75, 3.05) is 19.6 Å². The Balaban J connectivity index is 1.76. The molecule has 2 fully saturated rings. The van der Waals surface area contributed by atoms with Crippen LogP contribution in [0.1, 0.15) is 64.7 Å². The zero-order valence-electron chi connectivity index (χ0n) is 12.2. The quantitative estimate of drug-likeness (QED) is 0.812. The molecule has 2 nitrogen and oxygen atoms in total. The van der Waals surface area contributed by atoms with Gasteiger partial charge in [-0.2, -0.15) is 0 Å². The van der Waals surface area contributed by atoms with Crippen molar-refractivity contribution < 1.29 is 0 Å². The molecule has 0 atom stereocenters. The van der Waals surface area contributed by atoms with E-state index in [0.29, 0.717) is 0 Å². The van der Waals surface area contributed by atoms with Crippen LogP contribution in [0.5, 0.6) is 0 Å². The second-order valence-corrected chi connectivity index (χ2v) is 6.50. The molecule has 0 aliphatic heterocycles. The average Bonchev–Trinajstić information content (AvgIpc) is 2.46. The van der Waals surface area contributed by atoms with Crippen molar-refractivity contribution in [3.8, 4) is 0 Å². The summed E-state index contributed by atoms with van der Waals surface area (Å²) < 4.78 is 0. The van der Waals surface area contributed by atoms with Gasteiger partial charge in [0.25, 0.3) is 0 Å². The van der Waals surface area contributed by atoms with E-state index in [2.05, 4.69) is 11.8 Å². The van der Waals surface area contributed by atoms with Gasteiger partial charge >= 0.3 is 0 Å². The molecular formula is C16H32N2. The largest absolute Gasteiger partial charge is 0.330 e. The summed E-state index contributed by atoms with van der Waals surface area (Å²) in [4.78, 5) is 2.78. The molecule has 0 unspecified atom stereocenters. The fraction of sp³-hybridized carbons (Fsp3) is 1.00. The first-order valence-corrected chi connectivity index (χ1v) is 8.27. The monoisotopic (exact) mass is 252 g/mol. The van der Waals surface area contributed by atoms with Gasteiger partial charge in [0.1, 0.15) is 0 Å². The van der Waals surface area contributed by atoms with Crippen molar-refractivity contribution in [3.05, 3.63) is 0 Å². The molecule has 2 rings (SSSR count). The number of nitrogens with two attached hydrogens (primary N) is 1. The number of rotatable bonds is 5. The lowest BCUT2D eigenvalue weighted by molar-refractivity contribution is 0.119. The summed E-state index contributed by atoms with van der Waals surface area (Å²) in [6, 6.07) is 0.899. The van der Waals surface area contributed by atoms with E-state index in [1.165, 1.54) is 70.9 Å². The second kappa shape index (κ2) is 7.49. The number of nitrogens with zero attached hydrogens (tertiary/aromatic N) is 1. The lowest BCUT2D eigenvalue weighted by atomic mass is 9.81. The van der Waals surface area contributed by atoms with Crippen LogP contribution in [0.15, 0.2) is 0 Å². The molecule has 0 radical (unpaired) electrons. The fourth-order valence-electron chi connectivity index (χ4n) is 3.96. The Bertz CT molecular complexity index is 215. The Morgan fingerprint density at radius 1 is 0.889 bits per heavy atom. The Labute approximate surface area is 113 Å². The topological polar surface area (TPSA) is 29.3 Å². The lowest BCUT2D eigenvalue weighted by Gasteiger charge is -2.38. The minimum Gasteiger partial charge on any atom is -0.330 e. The molecule has 0 saturated heterocycles. The first-order valence-electron chi connectivity index (χ1n) is 8.27. The molecule has 0 aromatic rings. The Hall–Kier alpha value is -0.0800. The van der Waals surface area contributed by atoms with Gasteiger partial charge in [0.2, 0.25) is 0 Å². The van der Waals surface area contributed by atoms with Crippen LogP contribution < -0.4 is 5.73 Å². The smallest absolute Gasteiger partial charge is 0.00952 e. The highest BCUT2D eigenvalue weighted by molar-refractivity contribution is 4.80. The number of hydrogen-bond acceptors (Lipinski definition) is 2. The van der Waals surface area contributed by atoms with Gasteiger partial charge < -0.3 is 10.6 Å². The van der Waals surface area contributed by atoms with Crippen molar-refractivity contribution >= 4 is 0 Å². The molecule has 2 N–H and O–H groups in total. The molecule has 0 bridgehead atoms. The normalized spacial score (nSPS) is 30.8. The van der Waals surface area contributed by atoms with Crippen molar-refractivity contribution in [2.24, 2.45) is 17.6 Å². The third-order valence-electron chi connectivity index (χ3n) is 5.29. The summed E-state index contributed by atoms with van der Waals surface area (Å²) in [6.07, 6.45) is 12.9. The van der Waals surface area contributed by atoms with Gasteiger partial charge in [-0.05, 0) is 63.5 Å². The van der Waals surface area contributed by atoms with Crippen LogP contribution in [0.4, 0.5) is 0 Å². The molecular weight excluding hydrogens is 220 g/mol. The van der Waals surface area contributed by atoms with Gasteiger partial charge in [0, 0.05) is 12.6 Å². The van der Waals surface area contributed by atoms with Crippen LogP contribution in [-0.4, -0.2) is 30.6 Å². The van der Waals surface area contributed by atoms with E-state index in [1.54, 1.807) is 0 Å². The number of hydrogen-bond donors (Lipinski definition) is 1. The maximum atomic E-state index is 5.78. The summed E-state index contributed by atoms with van der Waals surface area (Å²) in [5.74, 6) is 1.78. The van der Waals surface area contributed by atoms with Crippen LogP contribution in [0.25, 0.3) is 0 Å². The van der Waals surface area contributed by atoms with Crippen molar-refractivity contribution in [1.82, 2.24) is 4.90 Å². The molecule has 2 aliphatic carbocycles. The maximum Gasteiger partial charge on any atom is 0.00952 e. The van der Waals surface area contributed by atoms with E-state index in [1.807, 2.05) is 0 Å². The highest BCUT2D eigenvalue weighted by Gasteiger charge is 2.25. The Morgan fingerprint density at radius 2 is 1.50 bits per heavy atom. The molecule has 2 aliphatic rings. The first kappa shape index (κ1) is 14.3. The predicted octanol–water partition coefficient (Wildman–Crippen LogP) is 3.41. The summed E-state index contributed by atoms with van der Waals surface area (Å²) >= 11 is 0. The molecule has 2 heteroatoms. The highest BCUT2D eigenvalue weighted by atomic mass is 15.1. The van der Waals surface area contributed by atoms with Gasteiger partial charge in [-0.1, -0.05) is 26.2 Å². The average molecular weight is 252 g/mol. The fourth-order valence-corrected chi connectivity index (χ4v) is 3.96. The zero-order valence-corrected chi connectivity index (χ0v) is 12.2. The van der Waals surface area contributed by atoms with Gasteiger partial charge in [-0.15, -0.1) is 0 Å². The maximum absolute atomic E-state index is 5.78. The van der Waals surface area contributed by atoms with E-state index in [4.69, 9.17) is 5.73 Å². The molecule has 0 aromatic carbocycles. The molecule has 0 aromatic heterocycles. The van der Waals surface area contributed by atoms with Crippen molar-refractivity contribution in [1.29, 1.82) is 0 Å². The minimum absolute atomic E-state index is 0.825. The van der Waals surface area contributed by atoms with Crippen LogP contribution >= 0.6 is 0 Å². The summed E-state index contributed by atoms with van der Waals surface area (Å²) in [5, 5.41) is 0. The highest BCUT2D eigenvalue weighted by Crippen LogP contribution is 2.30. The predicted molar refractivity (Wildman–Crippen MR) is 78.6 cm³/mol. The van der Waals surface area contributed by atoms with E-state index in [9.17, 15) is 0 Å². The van der Waals surface area contributed by atoms with Gasteiger partial charge in [0.05, 0.1) is 0 Å². The molecule has 2 saturated carbocycles. The third-order valence-corrected chi connectivity index (χ3v) is 5.29. The first-order chi connectivity index (χ1) is 8.83. The van der Waals surface area contributed by atoms with Gasteiger partial charge in [-0.25, -0.2) is 0 Å². The van der Waals surface area contributed by atoms with Crippen LogP contribution in [0.3, 0.4) is 0 Å². The van der Waals surface area contributed by atoms with Gasteiger partial charge in [-0.3, -0.25) is 0 Å². The molecule has 0 spiro atoms. The van der Waals surface area contributed by atoms with E-state index >= 15 is 0 Å². The third kappa shape index (κ3) is 3.96. The molecule has 18 heavy (non-hydrogen) atoms. The van der Waals surface area contributed by atoms with E-state index in [0.717, 1.165) is 24.4 Å². The summed E-state index contributed by atoms with van der Waals surface area (Å²) in [6.45, 7) is 5.87. The van der Waals surface area contributed by atoms with E-state index < -0.39 is 0 Å². The Morgan fingerprint density at radius 3 is 2.06 bits per heavy atom. The van der Waals surface area contributed by atoms with E-state index in [-0.39, 0.29) is 0 Å². The van der Waals surface area contributed by atoms with Crippen LogP contribution in [0, 0.1) is 11.8 Å². The molecule has 106 valence electrons. The summed E-state index contributed by atoms with van der Waals surface area (Å²) in [7, 11) is 0. The van der Waals surface area contributed by atoms with Crippen molar-refractivity contribution in [3.63, 3.8) is 0 Å². The molecule has 0 heterocycles. The SMILES string of the molecule is CCN(CC1CCC(CN)CC1)C1CCCCC1. The lowest BCUT2D eigenvalue weighted by Crippen LogP contribution is -2.40. The Kier molecular flexibility index (Phi) is 5.97. The zero-order chi connectivity index (χ0) is 12.8. The standard InChI is InChI=1S/C16H32N2/c1-2-18(16-6-4-3-5-7-16)13-15-10-8-14(12-17)9-11-15/h14-16H,2-13,17H2,1H3. The van der Waals surface area contributed by atoms with Crippen LogP contribution in [0.2, 0.25) is 0 Å². The molecule has 0 amide bonds. The summed E-state index contributed by atoms with van der Waals surface area (Å²) in [5.41, 5.74) is 5.78. The second-order valence-electron chi connectivity index (χ2n) is 6.50. The van der Waals surface area contributed by atoms with Gasteiger partial charge in [0.15, 0.2) is 0 Å². The van der Waals surface area contributed by atoms with Crippen LogP contribution in [-0.2, 0) is 0 Å². The minimum atomic E-state index is 0.825.